The molecule has 0 amide bonds. The third kappa shape index (κ3) is 80.5. The molecule has 0 saturated carbocycles. The maximum atomic E-state index is 11.3. The largest absolute Gasteiger partial charge is 0.462 e. The Morgan fingerprint density at radius 2 is 0.299 bits per heavy atom. The van der Waals surface area contributed by atoms with Crippen molar-refractivity contribution in [2.75, 3.05) is 271 Å². The van der Waals surface area contributed by atoms with E-state index in [1.165, 1.54) is 0 Å². The van der Waals surface area contributed by atoms with Crippen LogP contribution in [0.4, 0.5) is 0 Å². The monoisotopic (exact) mass is 1260 g/mol. The van der Waals surface area contributed by atoms with E-state index in [1.54, 1.807) is 14.0 Å². The molecule has 0 radical (unpaired) electrons. The van der Waals surface area contributed by atoms with Crippen LogP contribution in [-0.2, 0) is 104 Å². The third-order valence-corrected chi connectivity index (χ3v) is 12.0. The molecule has 0 unspecified atom stereocenters. The normalized spacial score (nSPS) is 11.7. The summed E-state index contributed by atoms with van der Waals surface area (Å²) in [7, 11) is 1.70. The lowest BCUT2D eigenvalue weighted by molar-refractivity contribution is -0.139. The molecular formula is C65H128O22. The molecule has 0 aromatic heterocycles. The molecule has 0 fully saturated rings. The fraction of sp³-hybridized carbons (Fsp3) is 0.954. The van der Waals surface area contributed by atoms with Gasteiger partial charge in [-0.2, -0.15) is 0 Å². The predicted octanol–water partition coefficient (Wildman–Crippen LogP) is 8.87. The molecule has 0 saturated heterocycles. The molecule has 0 atom stereocenters. The van der Waals surface area contributed by atoms with E-state index in [9.17, 15) is 4.79 Å². The van der Waals surface area contributed by atoms with Crippen molar-refractivity contribution >= 4 is 5.97 Å². The quantitative estimate of drug-likeness (QED) is 0.0316. The summed E-state index contributed by atoms with van der Waals surface area (Å²) in [6.45, 7) is 32.6. The van der Waals surface area contributed by atoms with Crippen molar-refractivity contribution in [2.24, 2.45) is 0 Å². The second-order valence-electron chi connectivity index (χ2n) is 20.6. The van der Waals surface area contributed by atoms with Gasteiger partial charge >= 0.3 is 5.97 Å². The van der Waals surface area contributed by atoms with Gasteiger partial charge in [0.2, 0.25) is 0 Å². The van der Waals surface area contributed by atoms with Crippen LogP contribution in [0.25, 0.3) is 0 Å². The van der Waals surface area contributed by atoms with Gasteiger partial charge in [0, 0.05) is 277 Å². The molecule has 0 rings (SSSR count). The predicted molar refractivity (Wildman–Crippen MR) is 336 cm³/mol. The second kappa shape index (κ2) is 80.5. The van der Waals surface area contributed by atoms with Gasteiger partial charge in [0.1, 0.15) is 0 Å². The van der Waals surface area contributed by atoms with E-state index < -0.39 is 0 Å². The standard InChI is InChI=1S/C65H128O22/c1-64(2)65(66)87-63-23-62-86-61-22-60-85-59-21-58-84-57-20-56-83-55-19-54-82-53-18-52-81-51-17-50-80-49-16-48-79-47-15-46-78-45-14-44-77-43-13-42-76-41-12-40-75-39-11-38-74-37-10-36-73-35-9-34-72-33-8-32-71-31-7-30-70-29-6-28-69-27-5-26-68-25-4-24-67-3/h1,4-63H2,2-3H3. The Bertz CT molecular complexity index is 1280. The van der Waals surface area contributed by atoms with Crippen LogP contribution in [0, 0.1) is 0 Å². The summed E-state index contributed by atoms with van der Waals surface area (Å²) in [6.07, 6.45) is 17.5. The average molecular weight is 1260 g/mol. The minimum Gasteiger partial charge on any atom is -0.462 e. The Kier molecular flexibility index (Phi) is 79.0. The van der Waals surface area contributed by atoms with E-state index in [-0.39, 0.29) is 5.97 Å². The Labute approximate surface area is 527 Å². The minimum atomic E-state index is -0.357. The van der Waals surface area contributed by atoms with Crippen molar-refractivity contribution in [3.63, 3.8) is 0 Å². The molecule has 0 N–H and O–H groups in total. The molecule has 22 heteroatoms. The van der Waals surface area contributed by atoms with Gasteiger partial charge < -0.3 is 99.5 Å². The minimum absolute atomic E-state index is 0.348. The zero-order valence-electron chi connectivity index (χ0n) is 55.1. The van der Waals surface area contributed by atoms with Crippen LogP contribution in [0.3, 0.4) is 0 Å². The highest BCUT2D eigenvalue weighted by molar-refractivity contribution is 5.86. The zero-order valence-corrected chi connectivity index (χ0v) is 55.1. The number of carbonyl (C=O) groups excluding carboxylic acids is 1. The Morgan fingerprint density at radius 3 is 0.402 bits per heavy atom. The van der Waals surface area contributed by atoms with Gasteiger partial charge in [0.15, 0.2) is 0 Å². The molecule has 0 aliphatic carbocycles. The molecule has 0 bridgehead atoms. The second-order valence-corrected chi connectivity index (χ2v) is 20.6. The summed E-state index contributed by atoms with van der Waals surface area (Å²) < 4.78 is 118. The van der Waals surface area contributed by atoms with Crippen molar-refractivity contribution in [3.05, 3.63) is 12.2 Å². The molecule has 22 nitrogen and oxygen atoms in total. The maximum Gasteiger partial charge on any atom is 0.333 e. The van der Waals surface area contributed by atoms with Gasteiger partial charge in [-0.25, -0.2) is 4.79 Å². The summed E-state index contributed by atoms with van der Waals surface area (Å²) in [5.74, 6) is -0.357. The molecule has 87 heavy (non-hydrogen) atoms. The number of hydrogen-bond acceptors (Lipinski definition) is 22. The number of methoxy groups -OCH3 is 1. The van der Waals surface area contributed by atoms with Gasteiger partial charge in [-0.3, -0.25) is 0 Å². The highest BCUT2D eigenvalue weighted by Crippen LogP contribution is 2.01. The molecule has 0 aromatic rings. The number of ether oxygens (including phenoxy) is 21. The summed E-state index contributed by atoms with van der Waals surface area (Å²) in [6, 6.07) is 0. The van der Waals surface area contributed by atoms with Crippen LogP contribution in [0.5, 0.6) is 0 Å². The summed E-state index contributed by atoms with van der Waals surface area (Å²) >= 11 is 0. The van der Waals surface area contributed by atoms with Gasteiger partial charge in [0.05, 0.1) is 6.61 Å². The van der Waals surface area contributed by atoms with Crippen molar-refractivity contribution in [2.45, 2.75) is 135 Å². The fourth-order valence-electron chi connectivity index (χ4n) is 7.43. The molecule has 0 spiro atoms. The highest BCUT2D eigenvalue weighted by Gasteiger charge is 2.04. The SMILES string of the molecule is C=C(C)C(=O)OCCCOCCCOCCCOCCCOCCCOCCCOCCCOCCCOCCCOCCCOCCCOCCCOCCCOCCCOCCCOCCCOCCCOCCCOCCCOCCCOC. The molecular weight excluding hydrogens is 1130 g/mol. The molecule has 0 aliphatic rings. The number of hydrogen-bond donors (Lipinski definition) is 0. The van der Waals surface area contributed by atoms with E-state index in [4.69, 9.17) is 99.5 Å². The molecule has 520 valence electrons. The van der Waals surface area contributed by atoms with E-state index in [1.807, 2.05) is 0 Å². The first kappa shape index (κ1) is 85.4. The Morgan fingerprint density at radius 1 is 0.195 bits per heavy atom. The highest BCUT2D eigenvalue weighted by atomic mass is 16.5. The van der Waals surface area contributed by atoms with Gasteiger partial charge in [-0.05, 0) is 129 Å². The summed E-state index contributed by atoms with van der Waals surface area (Å²) in [4.78, 5) is 11.3. The van der Waals surface area contributed by atoms with Gasteiger partial charge in [-0.1, -0.05) is 6.58 Å². The van der Waals surface area contributed by atoms with E-state index in [0.29, 0.717) is 243 Å². The van der Waals surface area contributed by atoms with Crippen LogP contribution in [0.15, 0.2) is 12.2 Å². The van der Waals surface area contributed by atoms with Gasteiger partial charge in [-0.15, -0.1) is 0 Å². The van der Waals surface area contributed by atoms with Crippen LogP contribution < -0.4 is 0 Å². The van der Waals surface area contributed by atoms with E-state index in [0.717, 1.165) is 155 Å². The summed E-state index contributed by atoms with van der Waals surface area (Å²) in [5.41, 5.74) is 0.409. The van der Waals surface area contributed by atoms with Crippen LogP contribution in [-0.4, -0.2) is 277 Å². The van der Waals surface area contributed by atoms with Crippen molar-refractivity contribution in [3.8, 4) is 0 Å². The lowest BCUT2D eigenvalue weighted by Gasteiger charge is -2.08. The first-order chi connectivity index (χ1) is 43.2. The van der Waals surface area contributed by atoms with Crippen LogP contribution in [0.1, 0.15) is 135 Å². The topological polar surface area (TPSA) is 211 Å². The van der Waals surface area contributed by atoms with Crippen molar-refractivity contribution < 1.29 is 104 Å². The Balaban J connectivity index is 3.09. The van der Waals surface area contributed by atoms with Gasteiger partial charge in [0.25, 0.3) is 0 Å². The number of carbonyl (C=O) groups is 1. The molecule has 0 aliphatic heterocycles. The lowest BCUT2D eigenvalue weighted by atomic mass is 10.4. The first-order valence-electron chi connectivity index (χ1n) is 33.5. The number of esters is 1. The third-order valence-electron chi connectivity index (χ3n) is 12.0. The zero-order chi connectivity index (χ0) is 62.4. The maximum absolute atomic E-state index is 11.3. The van der Waals surface area contributed by atoms with E-state index in [2.05, 4.69) is 6.58 Å². The van der Waals surface area contributed by atoms with Crippen molar-refractivity contribution in [1.82, 2.24) is 0 Å². The summed E-state index contributed by atoms with van der Waals surface area (Å²) in [5, 5.41) is 0. The van der Waals surface area contributed by atoms with Crippen LogP contribution in [0.2, 0.25) is 0 Å². The lowest BCUT2D eigenvalue weighted by Crippen LogP contribution is -2.09. The fourth-order valence-corrected chi connectivity index (χ4v) is 7.43. The van der Waals surface area contributed by atoms with Crippen molar-refractivity contribution in [1.29, 1.82) is 0 Å². The Hall–Kier alpha value is -1.59. The molecule has 0 heterocycles. The first-order valence-corrected chi connectivity index (χ1v) is 33.5. The smallest absolute Gasteiger partial charge is 0.333 e. The van der Waals surface area contributed by atoms with E-state index >= 15 is 0 Å². The molecule has 0 aromatic carbocycles. The van der Waals surface area contributed by atoms with Crippen LogP contribution >= 0.6 is 0 Å². The number of rotatable bonds is 81. The average Bonchev–Trinajstić information content (AvgIpc) is 3.52.